The lowest BCUT2D eigenvalue weighted by molar-refractivity contribution is 0.0462. The zero-order valence-corrected chi connectivity index (χ0v) is 15.1. The van der Waals surface area contributed by atoms with Gasteiger partial charge < -0.3 is 10.0 Å². The summed E-state index contributed by atoms with van der Waals surface area (Å²) in [6.45, 7) is 1.31. The summed E-state index contributed by atoms with van der Waals surface area (Å²) in [6.07, 6.45) is 4.54. The van der Waals surface area contributed by atoms with Gasteiger partial charge in [0.05, 0.1) is 23.6 Å². The molecule has 1 amide bonds. The minimum absolute atomic E-state index is 0.00447. The predicted molar refractivity (Wildman–Crippen MR) is 104 cm³/mol. The highest BCUT2D eigenvalue weighted by molar-refractivity contribution is 5.93. The van der Waals surface area contributed by atoms with Gasteiger partial charge in [0.1, 0.15) is 0 Å². The smallest absolute Gasteiger partial charge is 0.257 e. The second-order valence-electron chi connectivity index (χ2n) is 6.99. The van der Waals surface area contributed by atoms with Crippen molar-refractivity contribution in [2.75, 3.05) is 13.1 Å². The number of aliphatic hydroxyl groups is 1. The van der Waals surface area contributed by atoms with Gasteiger partial charge in [0, 0.05) is 19.3 Å². The van der Waals surface area contributed by atoms with Crippen molar-refractivity contribution in [1.82, 2.24) is 14.7 Å². The van der Waals surface area contributed by atoms with Gasteiger partial charge in [0.25, 0.3) is 5.91 Å². The highest BCUT2D eigenvalue weighted by Gasteiger charge is 2.29. The second-order valence-corrected chi connectivity index (χ2v) is 6.99. The molecule has 0 bridgehead atoms. The molecule has 0 saturated carbocycles. The molecule has 27 heavy (non-hydrogen) atoms. The topological polar surface area (TPSA) is 58.4 Å². The van der Waals surface area contributed by atoms with E-state index in [1.165, 1.54) is 0 Å². The second kappa shape index (κ2) is 7.76. The van der Waals surface area contributed by atoms with Gasteiger partial charge >= 0.3 is 0 Å². The first-order valence-electron chi connectivity index (χ1n) is 9.35. The molecule has 0 aliphatic carbocycles. The van der Waals surface area contributed by atoms with Crippen LogP contribution in [0.3, 0.4) is 0 Å². The van der Waals surface area contributed by atoms with E-state index in [0.29, 0.717) is 18.7 Å². The molecule has 1 aliphatic rings. The van der Waals surface area contributed by atoms with Crippen LogP contribution in [0, 0.1) is 5.92 Å². The molecule has 3 aromatic rings. The third-order valence-corrected chi connectivity index (χ3v) is 5.26. The van der Waals surface area contributed by atoms with Crippen molar-refractivity contribution in [3.63, 3.8) is 0 Å². The first-order valence-corrected chi connectivity index (χ1v) is 9.35. The van der Waals surface area contributed by atoms with Gasteiger partial charge in [-0.2, -0.15) is 5.10 Å². The van der Waals surface area contributed by atoms with E-state index in [-0.39, 0.29) is 11.8 Å². The van der Waals surface area contributed by atoms with E-state index in [1.807, 2.05) is 65.6 Å². The SMILES string of the molecule is O=C(c1cnn(-c2ccccc2)c1)N1CCC(C(O)c2ccccc2)CC1. The summed E-state index contributed by atoms with van der Waals surface area (Å²) in [6, 6.07) is 19.5. The Balaban J connectivity index is 1.38. The van der Waals surface area contributed by atoms with Crippen LogP contribution in [0.25, 0.3) is 5.69 Å². The van der Waals surface area contributed by atoms with E-state index >= 15 is 0 Å². The minimum Gasteiger partial charge on any atom is -0.388 e. The Hall–Kier alpha value is -2.92. The molecule has 1 aromatic heterocycles. The monoisotopic (exact) mass is 361 g/mol. The fourth-order valence-corrected chi connectivity index (χ4v) is 3.68. The molecule has 1 N–H and O–H groups in total. The minimum atomic E-state index is -0.468. The number of nitrogens with zero attached hydrogens (tertiary/aromatic N) is 3. The summed E-state index contributed by atoms with van der Waals surface area (Å²) in [5, 5.41) is 14.9. The molecule has 1 atom stereocenters. The summed E-state index contributed by atoms with van der Waals surface area (Å²) in [5.41, 5.74) is 2.48. The maximum atomic E-state index is 12.8. The molecule has 5 nitrogen and oxygen atoms in total. The lowest BCUT2D eigenvalue weighted by Gasteiger charge is -2.34. The molecule has 0 radical (unpaired) electrons. The number of para-hydroxylation sites is 1. The van der Waals surface area contributed by atoms with Crippen LogP contribution in [-0.2, 0) is 0 Å². The Morgan fingerprint density at radius 2 is 1.63 bits per heavy atom. The summed E-state index contributed by atoms with van der Waals surface area (Å²) < 4.78 is 1.72. The van der Waals surface area contributed by atoms with Crippen LogP contribution >= 0.6 is 0 Å². The van der Waals surface area contributed by atoms with E-state index in [9.17, 15) is 9.90 Å². The standard InChI is InChI=1S/C22H23N3O2/c26-21(17-7-3-1-4-8-17)18-11-13-24(14-12-18)22(27)19-15-23-25(16-19)20-9-5-2-6-10-20/h1-10,15-16,18,21,26H,11-14H2. The van der Waals surface area contributed by atoms with Crippen LogP contribution in [0.2, 0.25) is 0 Å². The van der Waals surface area contributed by atoms with Crippen molar-refractivity contribution >= 4 is 5.91 Å². The van der Waals surface area contributed by atoms with Crippen LogP contribution in [0.5, 0.6) is 0 Å². The van der Waals surface area contributed by atoms with Gasteiger partial charge in [-0.05, 0) is 36.5 Å². The number of aromatic nitrogens is 2. The number of benzene rings is 2. The van der Waals surface area contributed by atoms with Crippen LogP contribution < -0.4 is 0 Å². The molecule has 138 valence electrons. The van der Waals surface area contributed by atoms with E-state index in [2.05, 4.69) is 5.10 Å². The molecule has 1 aliphatic heterocycles. The van der Waals surface area contributed by atoms with Crippen LogP contribution in [0.15, 0.2) is 73.1 Å². The van der Waals surface area contributed by atoms with Crippen molar-refractivity contribution < 1.29 is 9.90 Å². The largest absolute Gasteiger partial charge is 0.388 e. The normalized spacial score (nSPS) is 16.3. The Morgan fingerprint density at radius 1 is 1.00 bits per heavy atom. The summed E-state index contributed by atoms with van der Waals surface area (Å²) in [7, 11) is 0. The predicted octanol–water partition coefficient (Wildman–Crippen LogP) is 3.46. The third kappa shape index (κ3) is 3.78. The number of rotatable bonds is 4. The average molecular weight is 361 g/mol. The molecular weight excluding hydrogens is 338 g/mol. The van der Waals surface area contributed by atoms with E-state index in [4.69, 9.17) is 0 Å². The lowest BCUT2D eigenvalue weighted by Crippen LogP contribution is -2.39. The van der Waals surface area contributed by atoms with Crippen molar-refractivity contribution in [3.8, 4) is 5.69 Å². The van der Waals surface area contributed by atoms with Crippen molar-refractivity contribution in [3.05, 3.63) is 84.2 Å². The number of likely N-dealkylation sites (tertiary alicyclic amines) is 1. The molecule has 0 spiro atoms. The first kappa shape index (κ1) is 17.5. The molecule has 2 aromatic carbocycles. The number of carbonyl (C=O) groups excluding carboxylic acids is 1. The Morgan fingerprint density at radius 3 is 2.30 bits per heavy atom. The summed E-state index contributed by atoms with van der Waals surface area (Å²) >= 11 is 0. The maximum Gasteiger partial charge on any atom is 0.257 e. The van der Waals surface area contributed by atoms with E-state index in [0.717, 1.165) is 24.1 Å². The van der Waals surface area contributed by atoms with Gasteiger partial charge in [-0.3, -0.25) is 4.79 Å². The number of carbonyl (C=O) groups is 1. The number of amides is 1. The summed E-state index contributed by atoms with van der Waals surface area (Å²) in [4.78, 5) is 14.7. The molecule has 1 unspecified atom stereocenters. The number of aliphatic hydroxyl groups excluding tert-OH is 1. The quantitative estimate of drug-likeness (QED) is 0.774. The van der Waals surface area contributed by atoms with Gasteiger partial charge in [-0.25, -0.2) is 4.68 Å². The number of hydrogen-bond acceptors (Lipinski definition) is 3. The number of hydrogen-bond donors (Lipinski definition) is 1. The van der Waals surface area contributed by atoms with Gasteiger partial charge in [-0.1, -0.05) is 48.5 Å². The molecule has 2 heterocycles. The summed E-state index contributed by atoms with van der Waals surface area (Å²) in [5.74, 6) is 0.188. The Bertz CT molecular complexity index is 884. The molecule has 1 saturated heterocycles. The Kier molecular flexibility index (Phi) is 5.03. The van der Waals surface area contributed by atoms with Gasteiger partial charge in [-0.15, -0.1) is 0 Å². The molecular formula is C22H23N3O2. The van der Waals surface area contributed by atoms with Crippen LogP contribution in [-0.4, -0.2) is 38.8 Å². The number of piperidine rings is 1. The van der Waals surface area contributed by atoms with Crippen LogP contribution in [0.1, 0.15) is 34.9 Å². The lowest BCUT2D eigenvalue weighted by atomic mass is 9.87. The van der Waals surface area contributed by atoms with E-state index in [1.54, 1.807) is 17.1 Å². The zero-order valence-electron chi connectivity index (χ0n) is 15.1. The first-order chi connectivity index (χ1) is 13.2. The fraction of sp³-hybridized carbons (Fsp3) is 0.273. The zero-order chi connectivity index (χ0) is 18.6. The Labute approximate surface area is 158 Å². The molecule has 1 fully saturated rings. The molecule has 5 heteroatoms. The van der Waals surface area contributed by atoms with E-state index < -0.39 is 6.10 Å². The maximum absolute atomic E-state index is 12.8. The van der Waals surface area contributed by atoms with Crippen molar-refractivity contribution in [2.45, 2.75) is 18.9 Å². The highest BCUT2D eigenvalue weighted by atomic mass is 16.3. The van der Waals surface area contributed by atoms with Gasteiger partial charge in [0.15, 0.2) is 0 Å². The van der Waals surface area contributed by atoms with Crippen molar-refractivity contribution in [2.24, 2.45) is 5.92 Å². The van der Waals surface area contributed by atoms with Gasteiger partial charge in [0.2, 0.25) is 0 Å². The third-order valence-electron chi connectivity index (χ3n) is 5.26. The van der Waals surface area contributed by atoms with Crippen LogP contribution in [0.4, 0.5) is 0 Å². The molecule has 4 rings (SSSR count). The highest BCUT2D eigenvalue weighted by Crippen LogP contribution is 2.31. The average Bonchev–Trinajstić information content (AvgIpc) is 3.24. The fourth-order valence-electron chi connectivity index (χ4n) is 3.68. The van der Waals surface area contributed by atoms with Crippen molar-refractivity contribution in [1.29, 1.82) is 0 Å².